The van der Waals surface area contributed by atoms with Crippen LogP contribution in [0.5, 0.6) is 0 Å². The molecular formula is C11H21FN2O. The molecule has 15 heavy (non-hydrogen) atoms. The Bertz CT molecular complexity index is 258. The maximum Gasteiger partial charge on any atom is 0.285 e. The molecule has 1 unspecified atom stereocenters. The molecule has 1 saturated heterocycles. The molecule has 1 aliphatic heterocycles. The number of ether oxygens (including phenoxy) is 1. The lowest BCUT2D eigenvalue weighted by molar-refractivity contribution is 0.0720. The van der Waals surface area contributed by atoms with Crippen LogP contribution in [0.25, 0.3) is 0 Å². The average Bonchev–Trinajstić information content (AvgIpc) is 2.20. The van der Waals surface area contributed by atoms with Gasteiger partial charge in [0, 0.05) is 12.0 Å². The van der Waals surface area contributed by atoms with Gasteiger partial charge in [0.05, 0.1) is 6.54 Å². The molecule has 0 aromatic carbocycles. The summed E-state index contributed by atoms with van der Waals surface area (Å²) in [6.07, 6.45) is -0.396. The molecule has 0 aromatic heterocycles. The summed E-state index contributed by atoms with van der Waals surface area (Å²) in [4.78, 5) is 1.70. The van der Waals surface area contributed by atoms with Gasteiger partial charge in [0.15, 0.2) is 0 Å². The molecule has 4 heteroatoms. The molecule has 1 N–H and O–H groups in total. The van der Waals surface area contributed by atoms with Gasteiger partial charge in [0.25, 0.3) is 6.02 Å². The summed E-state index contributed by atoms with van der Waals surface area (Å²) in [6.45, 7) is 9.80. The van der Waals surface area contributed by atoms with Gasteiger partial charge in [-0.15, -0.1) is 0 Å². The van der Waals surface area contributed by atoms with Crippen molar-refractivity contribution in [2.75, 3.05) is 6.54 Å². The number of nitrogens with zero attached hydrogens (tertiary/aromatic N) is 1. The fourth-order valence-electron chi connectivity index (χ4n) is 1.86. The van der Waals surface area contributed by atoms with Crippen LogP contribution in [0.3, 0.4) is 0 Å². The van der Waals surface area contributed by atoms with Crippen molar-refractivity contribution < 1.29 is 9.13 Å². The Kier molecular flexibility index (Phi) is 2.99. The number of nitrogens with one attached hydrogen (secondary N) is 1. The number of halogens is 1. The number of hydrogen-bond donors (Lipinski definition) is 1. The highest BCUT2D eigenvalue weighted by Gasteiger charge is 2.41. The summed E-state index contributed by atoms with van der Waals surface area (Å²) in [5.74, 6) is 0. The maximum atomic E-state index is 13.3. The summed E-state index contributed by atoms with van der Waals surface area (Å²) in [5, 5.41) is 7.82. The van der Waals surface area contributed by atoms with Gasteiger partial charge in [-0.1, -0.05) is 0 Å². The zero-order valence-corrected chi connectivity index (χ0v) is 10.2. The minimum atomic E-state index is -0.857. The first-order valence-corrected chi connectivity index (χ1v) is 5.31. The Morgan fingerprint density at radius 1 is 1.47 bits per heavy atom. The van der Waals surface area contributed by atoms with Crippen LogP contribution in [-0.2, 0) is 4.74 Å². The van der Waals surface area contributed by atoms with Crippen molar-refractivity contribution in [3.05, 3.63) is 0 Å². The molecule has 0 spiro atoms. The van der Waals surface area contributed by atoms with Crippen molar-refractivity contribution in [2.24, 2.45) is 0 Å². The Morgan fingerprint density at radius 3 is 2.33 bits per heavy atom. The molecule has 1 fully saturated rings. The first-order valence-electron chi connectivity index (χ1n) is 5.31. The van der Waals surface area contributed by atoms with Gasteiger partial charge in [-0.25, -0.2) is 4.39 Å². The smallest absolute Gasteiger partial charge is 0.285 e. The molecule has 0 aromatic rings. The standard InChI is InChI=1S/C11H21FN2O/c1-10(2,3)15-9(13)14-7-8(12)6-11(14,4)5/h8,13H,6-7H2,1-5H3. The van der Waals surface area contributed by atoms with Crippen molar-refractivity contribution in [3.8, 4) is 0 Å². The number of rotatable bonds is 0. The van der Waals surface area contributed by atoms with Crippen LogP contribution in [0, 0.1) is 5.41 Å². The lowest BCUT2D eigenvalue weighted by Crippen LogP contribution is -2.45. The molecule has 0 radical (unpaired) electrons. The van der Waals surface area contributed by atoms with Crippen LogP contribution >= 0.6 is 0 Å². The molecule has 0 saturated carbocycles. The minimum absolute atomic E-state index is 0.0765. The van der Waals surface area contributed by atoms with Crippen molar-refractivity contribution in [1.82, 2.24) is 4.90 Å². The Balaban J connectivity index is 2.68. The highest BCUT2D eigenvalue weighted by molar-refractivity contribution is 5.72. The third kappa shape index (κ3) is 3.08. The summed E-state index contributed by atoms with van der Waals surface area (Å²) in [7, 11) is 0. The van der Waals surface area contributed by atoms with E-state index in [-0.39, 0.29) is 18.1 Å². The van der Waals surface area contributed by atoms with E-state index in [2.05, 4.69) is 0 Å². The molecule has 1 heterocycles. The third-order valence-electron chi connectivity index (χ3n) is 2.48. The molecule has 0 amide bonds. The maximum absolute atomic E-state index is 13.3. The summed E-state index contributed by atoms with van der Waals surface area (Å²) in [5.41, 5.74) is -0.719. The van der Waals surface area contributed by atoms with Gasteiger partial charge in [0.2, 0.25) is 0 Å². The normalized spacial score (nSPS) is 25.5. The summed E-state index contributed by atoms with van der Waals surface area (Å²) < 4.78 is 18.7. The number of alkyl halides is 1. The van der Waals surface area contributed by atoms with Crippen molar-refractivity contribution >= 4 is 6.02 Å². The Labute approximate surface area is 91.1 Å². The predicted octanol–water partition coefficient (Wildman–Crippen LogP) is 2.56. The van der Waals surface area contributed by atoms with E-state index in [9.17, 15) is 4.39 Å². The molecule has 3 nitrogen and oxygen atoms in total. The van der Waals surface area contributed by atoms with E-state index in [4.69, 9.17) is 10.1 Å². The molecule has 0 aliphatic carbocycles. The zero-order valence-electron chi connectivity index (χ0n) is 10.2. The minimum Gasteiger partial charge on any atom is -0.460 e. The molecular weight excluding hydrogens is 195 g/mol. The van der Waals surface area contributed by atoms with Crippen LogP contribution in [0.15, 0.2) is 0 Å². The quantitative estimate of drug-likeness (QED) is 0.499. The van der Waals surface area contributed by atoms with Gasteiger partial charge in [-0.05, 0) is 34.6 Å². The number of amidine groups is 1. The molecule has 1 rings (SSSR count). The van der Waals surface area contributed by atoms with Crippen LogP contribution in [0.1, 0.15) is 41.0 Å². The molecule has 1 aliphatic rings. The highest BCUT2D eigenvalue weighted by Crippen LogP contribution is 2.31. The van der Waals surface area contributed by atoms with Gasteiger partial charge < -0.3 is 9.64 Å². The predicted molar refractivity (Wildman–Crippen MR) is 58.9 cm³/mol. The van der Waals surface area contributed by atoms with E-state index in [1.54, 1.807) is 4.90 Å². The van der Waals surface area contributed by atoms with Crippen molar-refractivity contribution in [2.45, 2.75) is 58.4 Å². The van der Waals surface area contributed by atoms with Gasteiger partial charge in [-0.2, -0.15) is 0 Å². The lowest BCUT2D eigenvalue weighted by Gasteiger charge is -2.35. The van der Waals surface area contributed by atoms with E-state index in [0.29, 0.717) is 6.42 Å². The zero-order chi connectivity index (χ0) is 11.9. The van der Waals surface area contributed by atoms with E-state index in [1.807, 2.05) is 34.6 Å². The van der Waals surface area contributed by atoms with Crippen LogP contribution in [0.4, 0.5) is 4.39 Å². The highest BCUT2D eigenvalue weighted by atomic mass is 19.1. The van der Waals surface area contributed by atoms with Crippen molar-refractivity contribution in [1.29, 1.82) is 5.41 Å². The molecule has 0 bridgehead atoms. The molecule has 1 atom stereocenters. The molecule has 88 valence electrons. The van der Waals surface area contributed by atoms with Gasteiger partial charge in [0.1, 0.15) is 11.8 Å². The van der Waals surface area contributed by atoms with Crippen LogP contribution in [0.2, 0.25) is 0 Å². The SMILES string of the molecule is CC(C)(C)OC(=N)N1CC(F)CC1(C)C. The van der Waals surface area contributed by atoms with Crippen LogP contribution in [-0.4, -0.2) is 34.8 Å². The third-order valence-corrected chi connectivity index (χ3v) is 2.48. The summed E-state index contributed by atoms with van der Waals surface area (Å²) in [6, 6.07) is 0.0765. The first-order chi connectivity index (χ1) is 6.62. The lowest BCUT2D eigenvalue weighted by atomic mass is 10.0. The Hall–Kier alpha value is -0.800. The average molecular weight is 216 g/mol. The van der Waals surface area contributed by atoms with E-state index in [0.717, 1.165) is 0 Å². The van der Waals surface area contributed by atoms with E-state index >= 15 is 0 Å². The van der Waals surface area contributed by atoms with E-state index in [1.165, 1.54) is 0 Å². The largest absolute Gasteiger partial charge is 0.460 e. The number of likely N-dealkylation sites (tertiary alicyclic amines) is 1. The van der Waals surface area contributed by atoms with Gasteiger partial charge >= 0.3 is 0 Å². The fraction of sp³-hybridized carbons (Fsp3) is 0.909. The second-order valence-electron chi connectivity index (χ2n) is 5.74. The number of hydrogen-bond acceptors (Lipinski definition) is 2. The monoisotopic (exact) mass is 216 g/mol. The first kappa shape index (κ1) is 12.3. The Morgan fingerprint density at radius 2 is 2.00 bits per heavy atom. The van der Waals surface area contributed by atoms with Crippen LogP contribution < -0.4 is 0 Å². The second kappa shape index (κ2) is 3.65. The second-order valence-corrected chi connectivity index (χ2v) is 5.74. The topological polar surface area (TPSA) is 36.3 Å². The fourth-order valence-corrected chi connectivity index (χ4v) is 1.86. The summed E-state index contributed by atoms with van der Waals surface area (Å²) >= 11 is 0. The van der Waals surface area contributed by atoms with E-state index < -0.39 is 11.8 Å². The van der Waals surface area contributed by atoms with Gasteiger partial charge in [-0.3, -0.25) is 5.41 Å². The van der Waals surface area contributed by atoms with Crippen molar-refractivity contribution in [3.63, 3.8) is 0 Å².